The lowest BCUT2D eigenvalue weighted by Crippen LogP contribution is -2.16. The molecule has 0 spiro atoms. The fourth-order valence-electron chi connectivity index (χ4n) is 2.91. The van der Waals surface area contributed by atoms with Gasteiger partial charge in [0.25, 0.3) is 10.1 Å². The van der Waals surface area contributed by atoms with Gasteiger partial charge in [-0.15, -0.1) is 9.24 Å². The minimum absolute atomic E-state index is 0.145. The molecule has 1 aliphatic carbocycles. The molecule has 2 rings (SSSR count). The van der Waals surface area contributed by atoms with E-state index in [1.54, 1.807) is 12.1 Å². The zero-order valence-electron chi connectivity index (χ0n) is 14.3. The van der Waals surface area contributed by atoms with Crippen LogP contribution in [0.5, 0.6) is 5.75 Å². The van der Waals surface area contributed by atoms with Crippen LogP contribution in [0, 0.1) is 11.8 Å². The van der Waals surface area contributed by atoms with Crippen molar-refractivity contribution in [2.45, 2.75) is 50.4 Å². The normalized spacial score (nSPS) is 17.9. The molecule has 25 heavy (non-hydrogen) atoms. The number of aliphatic carboxylic acids is 1. The molecule has 0 bridgehead atoms. The molecular weight excluding hydrogens is 363 g/mol. The van der Waals surface area contributed by atoms with E-state index >= 15 is 0 Å². The average molecular weight is 390 g/mol. The first kappa shape index (κ1) is 21.9. The van der Waals surface area contributed by atoms with E-state index in [1.807, 2.05) is 16.2 Å². The van der Waals surface area contributed by atoms with Crippen LogP contribution in [0.1, 0.15) is 56.0 Å². The van der Waals surface area contributed by atoms with Gasteiger partial charge in [-0.25, -0.2) is 0 Å². The zero-order valence-corrected chi connectivity index (χ0v) is 16.3. The van der Waals surface area contributed by atoms with Crippen LogP contribution in [0.4, 0.5) is 0 Å². The van der Waals surface area contributed by atoms with Gasteiger partial charge in [-0.05, 0) is 18.4 Å². The lowest BCUT2D eigenvalue weighted by Gasteiger charge is -2.22. The largest absolute Gasteiger partial charge is 0.508 e. The van der Waals surface area contributed by atoms with Crippen molar-refractivity contribution in [3.8, 4) is 5.75 Å². The van der Waals surface area contributed by atoms with E-state index in [0.29, 0.717) is 5.92 Å². The summed E-state index contributed by atoms with van der Waals surface area (Å²) in [6.07, 6.45) is 7.33. The maximum Gasteiger partial charge on any atom is 0.306 e. The number of carboxylic acid groups (broad SMARTS) is 1. The molecule has 0 radical (unpaired) electrons. The monoisotopic (exact) mass is 390 g/mol. The first-order valence-electron chi connectivity index (χ1n) is 8.35. The van der Waals surface area contributed by atoms with Crippen molar-refractivity contribution in [3.05, 3.63) is 29.8 Å². The molecule has 1 aromatic rings. The SMILES string of the molecule is CC(CC1CCCCC1)C(=O)O.O=S(=O)(O)C(P)c1ccccc1O. The number of aromatic hydroxyl groups is 1. The number of para-hydroxylation sites is 1. The van der Waals surface area contributed by atoms with Crippen LogP contribution in [-0.4, -0.2) is 29.2 Å². The van der Waals surface area contributed by atoms with Gasteiger partial charge in [0.15, 0.2) is 0 Å². The summed E-state index contributed by atoms with van der Waals surface area (Å²) in [5.41, 5.74) is 0.162. The van der Waals surface area contributed by atoms with Crippen LogP contribution in [0.25, 0.3) is 0 Å². The van der Waals surface area contributed by atoms with Crippen molar-refractivity contribution in [2.24, 2.45) is 11.8 Å². The summed E-state index contributed by atoms with van der Waals surface area (Å²) in [5, 5.41) is 18.0. The van der Waals surface area contributed by atoms with Gasteiger partial charge in [0, 0.05) is 5.56 Å². The maximum absolute atomic E-state index is 10.7. The Balaban J connectivity index is 0.000000251. The highest BCUT2D eigenvalue weighted by Crippen LogP contribution is 2.33. The van der Waals surface area contributed by atoms with Gasteiger partial charge < -0.3 is 10.2 Å². The van der Waals surface area contributed by atoms with Crippen molar-refractivity contribution in [3.63, 3.8) is 0 Å². The van der Waals surface area contributed by atoms with E-state index < -0.39 is 21.1 Å². The minimum atomic E-state index is -4.18. The summed E-state index contributed by atoms with van der Waals surface area (Å²) >= 11 is 0. The van der Waals surface area contributed by atoms with Gasteiger partial charge >= 0.3 is 5.97 Å². The van der Waals surface area contributed by atoms with Crippen molar-refractivity contribution < 1.29 is 28.0 Å². The molecule has 1 aromatic carbocycles. The van der Waals surface area contributed by atoms with E-state index in [1.165, 1.54) is 44.2 Å². The molecule has 3 atom stereocenters. The van der Waals surface area contributed by atoms with Crippen LogP contribution in [0.3, 0.4) is 0 Å². The first-order valence-corrected chi connectivity index (χ1v) is 10.5. The highest BCUT2D eigenvalue weighted by Gasteiger charge is 2.22. The van der Waals surface area contributed by atoms with E-state index in [-0.39, 0.29) is 17.2 Å². The van der Waals surface area contributed by atoms with Gasteiger partial charge in [-0.1, -0.05) is 57.2 Å². The highest BCUT2D eigenvalue weighted by molar-refractivity contribution is 7.90. The van der Waals surface area contributed by atoms with Crippen molar-refractivity contribution in [1.82, 2.24) is 0 Å². The van der Waals surface area contributed by atoms with Gasteiger partial charge in [0.1, 0.15) is 10.7 Å². The molecule has 3 unspecified atom stereocenters. The van der Waals surface area contributed by atoms with Crippen molar-refractivity contribution >= 4 is 25.3 Å². The molecule has 8 heteroatoms. The summed E-state index contributed by atoms with van der Waals surface area (Å²) in [5.74, 6) is -0.251. The summed E-state index contributed by atoms with van der Waals surface area (Å²) in [7, 11) is -2.22. The molecule has 142 valence electrons. The van der Waals surface area contributed by atoms with E-state index in [9.17, 15) is 18.3 Å². The third-order valence-electron chi connectivity index (χ3n) is 4.40. The third-order valence-corrected chi connectivity index (χ3v) is 6.68. The third kappa shape index (κ3) is 7.72. The molecule has 0 aliphatic heterocycles. The van der Waals surface area contributed by atoms with Gasteiger partial charge in [0.2, 0.25) is 0 Å². The zero-order chi connectivity index (χ0) is 19.0. The molecule has 0 aromatic heterocycles. The second kappa shape index (κ2) is 10.1. The van der Waals surface area contributed by atoms with Gasteiger partial charge in [0.05, 0.1) is 5.92 Å². The fourth-order valence-corrected chi connectivity index (χ4v) is 3.71. The maximum atomic E-state index is 10.7. The Kier molecular flexibility index (Phi) is 8.83. The van der Waals surface area contributed by atoms with Crippen LogP contribution in [0.15, 0.2) is 24.3 Å². The quantitative estimate of drug-likeness (QED) is 0.520. The van der Waals surface area contributed by atoms with E-state index in [2.05, 4.69) is 0 Å². The van der Waals surface area contributed by atoms with E-state index in [4.69, 9.17) is 9.66 Å². The molecule has 0 amide bonds. The number of phenols is 1. The van der Waals surface area contributed by atoms with E-state index in [0.717, 1.165) is 6.42 Å². The number of hydrogen-bond donors (Lipinski definition) is 3. The van der Waals surface area contributed by atoms with Crippen molar-refractivity contribution in [1.29, 1.82) is 0 Å². The lowest BCUT2D eigenvalue weighted by molar-refractivity contribution is -0.141. The molecule has 0 saturated heterocycles. The summed E-state index contributed by atoms with van der Waals surface area (Å²) in [4.78, 5) is 9.39. The van der Waals surface area contributed by atoms with Gasteiger partial charge in [-0.3, -0.25) is 9.35 Å². The predicted octanol–water partition coefficient (Wildman–Crippen LogP) is 3.83. The standard InChI is InChI=1S/C10H18O2.C7H9O4PS/c1-8(10(11)12)7-9-5-3-2-4-6-9;8-6-4-2-1-3-5(6)7(12)13(9,10)11/h8-9H,2-7H2,1H3,(H,11,12);1-4,7-8H,12H2,(H,9,10,11). The summed E-state index contributed by atoms with van der Waals surface area (Å²) in [6, 6.07) is 5.94. The Morgan fingerprint density at radius 1 is 1.24 bits per heavy atom. The Morgan fingerprint density at radius 2 is 1.80 bits per heavy atom. The first-order chi connectivity index (χ1) is 11.6. The minimum Gasteiger partial charge on any atom is -0.508 e. The second-order valence-electron chi connectivity index (χ2n) is 6.47. The topological polar surface area (TPSA) is 112 Å². The Hall–Kier alpha value is -1.17. The smallest absolute Gasteiger partial charge is 0.306 e. The second-order valence-corrected chi connectivity index (χ2v) is 9.16. The Morgan fingerprint density at radius 3 is 2.28 bits per heavy atom. The highest BCUT2D eigenvalue weighted by atomic mass is 32.2. The number of benzene rings is 1. The van der Waals surface area contributed by atoms with Crippen LogP contribution in [-0.2, 0) is 14.9 Å². The number of carbonyl (C=O) groups is 1. The molecule has 0 heterocycles. The molecule has 3 N–H and O–H groups in total. The fraction of sp³-hybridized carbons (Fsp3) is 0.588. The number of hydrogen-bond acceptors (Lipinski definition) is 4. The summed E-state index contributed by atoms with van der Waals surface area (Å²) < 4.78 is 30.1. The Bertz CT molecular complexity index is 655. The summed E-state index contributed by atoms with van der Waals surface area (Å²) in [6.45, 7) is 1.82. The molecule has 1 aliphatic rings. The number of rotatable bonds is 5. The lowest BCUT2D eigenvalue weighted by atomic mass is 9.83. The average Bonchev–Trinajstić information content (AvgIpc) is 2.55. The number of carboxylic acids is 1. The van der Waals surface area contributed by atoms with Crippen LogP contribution >= 0.6 is 9.24 Å². The van der Waals surface area contributed by atoms with Crippen LogP contribution in [0.2, 0.25) is 0 Å². The molecule has 6 nitrogen and oxygen atoms in total. The molecular formula is C17H27O6PS. The van der Waals surface area contributed by atoms with Crippen LogP contribution < -0.4 is 0 Å². The predicted molar refractivity (Wildman–Crippen MR) is 100 cm³/mol. The molecule has 1 fully saturated rings. The van der Waals surface area contributed by atoms with Crippen molar-refractivity contribution in [2.75, 3.05) is 0 Å². The Labute approximate surface area is 151 Å². The molecule has 1 saturated carbocycles. The van der Waals surface area contributed by atoms with Gasteiger partial charge in [-0.2, -0.15) is 8.42 Å². The number of phenolic OH excluding ortho intramolecular Hbond substituents is 1.